The fraction of sp³-hybridized carbons (Fsp3) is 0.611. The summed E-state index contributed by atoms with van der Waals surface area (Å²) < 4.78 is 26.3. The lowest BCUT2D eigenvalue weighted by Gasteiger charge is -2.24. The first kappa shape index (κ1) is 15.8. The average molecular weight is 335 g/mol. The van der Waals surface area contributed by atoms with Crippen LogP contribution >= 0.6 is 0 Å². The number of carbonyl (C=O) groups excluding carboxylic acids is 1. The van der Waals surface area contributed by atoms with Crippen molar-refractivity contribution in [3.05, 3.63) is 30.1 Å². The van der Waals surface area contributed by atoms with Crippen molar-refractivity contribution in [2.45, 2.75) is 37.5 Å². The summed E-state index contributed by atoms with van der Waals surface area (Å²) in [6, 6.07) is 6.37. The van der Waals surface area contributed by atoms with Crippen LogP contribution in [0.5, 0.6) is 0 Å². The van der Waals surface area contributed by atoms with E-state index >= 15 is 0 Å². The molecule has 1 aliphatic carbocycles. The van der Waals surface area contributed by atoms with Crippen molar-refractivity contribution in [3.8, 4) is 0 Å². The van der Waals surface area contributed by atoms with Crippen LogP contribution in [-0.2, 0) is 4.79 Å². The van der Waals surface area contributed by atoms with Crippen molar-refractivity contribution >= 4 is 11.6 Å². The van der Waals surface area contributed by atoms with Crippen LogP contribution in [0.3, 0.4) is 0 Å². The Hall–Kier alpha value is -1.69. The van der Waals surface area contributed by atoms with Crippen molar-refractivity contribution in [3.63, 3.8) is 0 Å². The molecule has 4 nitrogen and oxygen atoms in total. The van der Waals surface area contributed by atoms with Gasteiger partial charge in [-0.1, -0.05) is 0 Å². The quantitative estimate of drug-likeness (QED) is 0.886. The van der Waals surface area contributed by atoms with Crippen LogP contribution in [0, 0.1) is 17.7 Å². The highest BCUT2D eigenvalue weighted by molar-refractivity contribution is 5.82. The Balaban J connectivity index is 1.37. The topological polar surface area (TPSA) is 44.4 Å². The molecule has 1 aromatic rings. The number of rotatable bonds is 3. The van der Waals surface area contributed by atoms with E-state index in [2.05, 4.69) is 15.5 Å². The Kier molecular flexibility index (Phi) is 4.16. The molecule has 5 atom stereocenters. The highest BCUT2D eigenvalue weighted by Gasteiger charge is 2.44. The number of carbonyl (C=O) groups is 1. The number of benzene rings is 1. The van der Waals surface area contributed by atoms with E-state index in [4.69, 9.17) is 0 Å². The van der Waals surface area contributed by atoms with Crippen molar-refractivity contribution in [2.24, 2.45) is 11.8 Å². The Labute approximate surface area is 140 Å². The second-order valence-corrected chi connectivity index (χ2v) is 7.29. The van der Waals surface area contributed by atoms with Gasteiger partial charge in [-0.2, -0.15) is 0 Å². The van der Waals surface area contributed by atoms with E-state index in [1.165, 1.54) is 12.1 Å². The van der Waals surface area contributed by atoms with Crippen LogP contribution in [0.2, 0.25) is 0 Å². The molecular weight excluding hydrogens is 312 g/mol. The second-order valence-electron chi connectivity index (χ2n) is 7.29. The molecule has 3 aliphatic rings. The average Bonchev–Trinajstić information content (AvgIpc) is 3.25. The van der Waals surface area contributed by atoms with Crippen LogP contribution in [0.4, 0.5) is 14.5 Å². The number of nitrogens with one attached hydrogen (secondary N) is 2. The Bertz CT molecular complexity index is 609. The molecule has 0 bridgehead atoms. The van der Waals surface area contributed by atoms with Crippen molar-refractivity contribution < 1.29 is 13.6 Å². The minimum absolute atomic E-state index is 0.0685. The van der Waals surface area contributed by atoms with Crippen LogP contribution in [0.1, 0.15) is 19.3 Å². The van der Waals surface area contributed by atoms with Gasteiger partial charge >= 0.3 is 0 Å². The van der Waals surface area contributed by atoms with Gasteiger partial charge in [-0.25, -0.2) is 8.78 Å². The number of fused-ring (bicyclic) bond motifs is 1. The molecule has 0 aromatic heterocycles. The lowest BCUT2D eigenvalue weighted by atomic mass is 9.97. The standard InChI is InChI=1S/C18H23F2N3O/c19-12-2-4-14(5-3-12)23-9-11-1-6-16(15(11)10-23)22-18(24)17-7-13(20)8-21-17/h2-5,11,13,15-17,21H,1,6-10H2,(H,22,24)/t11-,13-,15+,16+,17+/m1/s1. The number of hydrogen-bond donors (Lipinski definition) is 2. The van der Waals surface area contributed by atoms with Crippen LogP contribution < -0.4 is 15.5 Å². The normalized spacial score (nSPS) is 35.2. The SMILES string of the molecule is O=C(N[C@H]1CC[C@@H]2CN(c3ccc(F)cc3)C[C@@H]21)[C@@H]1C[C@@H](F)CN1. The van der Waals surface area contributed by atoms with Gasteiger partial charge in [-0.05, 0) is 43.0 Å². The van der Waals surface area contributed by atoms with E-state index in [1.54, 1.807) is 0 Å². The largest absolute Gasteiger partial charge is 0.371 e. The third-order valence-corrected chi connectivity index (χ3v) is 5.77. The van der Waals surface area contributed by atoms with Crippen molar-refractivity contribution in [1.82, 2.24) is 10.6 Å². The minimum atomic E-state index is -0.919. The summed E-state index contributed by atoms with van der Waals surface area (Å²) in [4.78, 5) is 14.6. The molecule has 2 heterocycles. The Morgan fingerprint density at radius 1 is 1.21 bits per heavy atom. The van der Waals surface area contributed by atoms with E-state index in [0.29, 0.717) is 11.8 Å². The predicted octanol–water partition coefficient (Wildman–Crippen LogP) is 1.86. The Morgan fingerprint density at radius 2 is 2.00 bits per heavy atom. The summed E-state index contributed by atoms with van der Waals surface area (Å²) in [6.45, 7) is 2.11. The van der Waals surface area contributed by atoms with Gasteiger partial charge in [0, 0.05) is 43.7 Å². The molecule has 2 aliphatic heterocycles. The monoisotopic (exact) mass is 335 g/mol. The highest BCUT2D eigenvalue weighted by atomic mass is 19.1. The van der Waals surface area contributed by atoms with E-state index in [1.807, 2.05) is 12.1 Å². The summed E-state index contributed by atoms with van der Waals surface area (Å²) in [6.07, 6.45) is 1.44. The number of alkyl halides is 1. The number of halogens is 2. The fourth-order valence-electron chi connectivity index (χ4n) is 4.48. The molecule has 0 spiro atoms. The predicted molar refractivity (Wildman–Crippen MR) is 88.1 cm³/mol. The maximum atomic E-state index is 13.3. The molecule has 0 unspecified atom stereocenters. The molecule has 130 valence electrons. The zero-order valence-corrected chi connectivity index (χ0v) is 13.6. The molecule has 0 radical (unpaired) electrons. The second kappa shape index (κ2) is 6.31. The van der Waals surface area contributed by atoms with E-state index in [0.717, 1.165) is 31.6 Å². The van der Waals surface area contributed by atoms with Gasteiger partial charge in [-0.15, -0.1) is 0 Å². The first-order chi connectivity index (χ1) is 11.6. The molecule has 1 saturated carbocycles. The van der Waals surface area contributed by atoms with Gasteiger partial charge in [-0.3, -0.25) is 4.79 Å². The maximum Gasteiger partial charge on any atom is 0.237 e. The van der Waals surface area contributed by atoms with Gasteiger partial charge in [0.25, 0.3) is 0 Å². The summed E-state index contributed by atoms with van der Waals surface area (Å²) in [5.41, 5.74) is 1.04. The minimum Gasteiger partial charge on any atom is -0.371 e. The number of nitrogens with zero attached hydrogens (tertiary/aromatic N) is 1. The molecule has 24 heavy (non-hydrogen) atoms. The van der Waals surface area contributed by atoms with Crippen LogP contribution in [-0.4, -0.2) is 43.8 Å². The number of anilines is 1. The van der Waals surface area contributed by atoms with E-state index in [-0.39, 0.29) is 30.7 Å². The van der Waals surface area contributed by atoms with Crippen LogP contribution in [0.15, 0.2) is 24.3 Å². The van der Waals surface area contributed by atoms with Crippen molar-refractivity contribution in [1.29, 1.82) is 0 Å². The van der Waals surface area contributed by atoms with Gasteiger partial charge in [0.2, 0.25) is 5.91 Å². The summed E-state index contributed by atoms with van der Waals surface area (Å²) in [5.74, 6) is 0.687. The zero-order chi connectivity index (χ0) is 16.7. The summed E-state index contributed by atoms with van der Waals surface area (Å²) >= 11 is 0. The van der Waals surface area contributed by atoms with Gasteiger partial charge < -0.3 is 15.5 Å². The molecular formula is C18H23F2N3O. The van der Waals surface area contributed by atoms with Crippen molar-refractivity contribution in [2.75, 3.05) is 24.5 Å². The van der Waals surface area contributed by atoms with Gasteiger partial charge in [0.15, 0.2) is 0 Å². The smallest absolute Gasteiger partial charge is 0.237 e. The van der Waals surface area contributed by atoms with E-state index < -0.39 is 12.2 Å². The number of amides is 1. The first-order valence-electron chi connectivity index (χ1n) is 8.78. The van der Waals surface area contributed by atoms with Gasteiger partial charge in [0.1, 0.15) is 12.0 Å². The summed E-state index contributed by atoms with van der Waals surface area (Å²) in [5, 5.41) is 6.09. The lowest BCUT2D eigenvalue weighted by molar-refractivity contribution is -0.123. The third kappa shape index (κ3) is 2.99. The molecule has 6 heteroatoms. The fourth-order valence-corrected chi connectivity index (χ4v) is 4.48. The molecule has 2 N–H and O–H groups in total. The lowest BCUT2D eigenvalue weighted by Crippen LogP contribution is -2.47. The maximum absolute atomic E-state index is 13.3. The third-order valence-electron chi connectivity index (χ3n) is 5.77. The summed E-state index contributed by atoms with van der Waals surface area (Å²) in [7, 11) is 0. The Morgan fingerprint density at radius 3 is 2.71 bits per heavy atom. The highest BCUT2D eigenvalue weighted by Crippen LogP contribution is 2.40. The molecule has 4 rings (SSSR count). The van der Waals surface area contributed by atoms with Gasteiger partial charge in [0.05, 0.1) is 6.04 Å². The zero-order valence-electron chi connectivity index (χ0n) is 13.6. The molecule has 3 fully saturated rings. The van der Waals surface area contributed by atoms with E-state index in [9.17, 15) is 13.6 Å². The number of hydrogen-bond acceptors (Lipinski definition) is 3. The molecule has 1 amide bonds. The molecule has 2 saturated heterocycles. The first-order valence-corrected chi connectivity index (χ1v) is 8.78. The molecule has 1 aromatic carbocycles. The van der Waals surface area contributed by atoms with Crippen LogP contribution in [0.25, 0.3) is 0 Å².